The van der Waals surface area contributed by atoms with Crippen LogP contribution in [0.15, 0.2) is 11.6 Å². The van der Waals surface area contributed by atoms with Crippen LogP contribution in [0.25, 0.3) is 0 Å². The van der Waals surface area contributed by atoms with Gasteiger partial charge in [-0.2, -0.15) is 0 Å². The molecule has 0 heterocycles. The summed E-state index contributed by atoms with van der Waals surface area (Å²) in [7, 11) is 0. The lowest BCUT2D eigenvalue weighted by Crippen LogP contribution is -1.86. The van der Waals surface area contributed by atoms with Crippen molar-refractivity contribution >= 4 is 0 Å². The minimum Gasteiger partial charge on any atom is -0.0856 e. The van der Waals surface area contributed by atoms with Crippen molar-refractivity contribution in [1.82, 2.24) is 0 Å². The normalized spacial score (nSPS) is 12.0. The lowest BCUT2D eigenvalue weighted by atomic mass is 10.0. The van der Waals surface area contributed by atoms with Gasteiger partial charge in [0.2, 0.25) is 0 Å². The Labute approximate surface area is 142 Å². The largest absolute Gasteiger partial charge is 0.0856 e. The fraction of sp³-hybridized carbons (Fsp3) is 0.909. The summed E-state index contributed by atoms with van der Waals surface area (Å²) in [6.45, 7) is 6.86. The average Bonchev–Trinajstić information content (AvgIpc) is 2.52. The van der Waals surface area contributed by atoms with Gasteiger partial charge in [-0.05, 0) is 25.7 Å². The molecule has 132 valence electrons. The molecule has 22 heavy (non-hydrogen) atoms. The molecule has 0 spiro atoms. The van der Waals surface area contributed by atoms with E-state index in [1.54, 1.807) is 5.57 Å². The van der Waals surface area contributed by atoms with Gasteiger partial charge in [-0.3, -0.25) is 0 Å². The second-order valence-corrected chi connectivity index (χ2v) is 7.01. The van der Waals surface area contributed by atoms with Crippen LogP contribution in [-0.4, -0.2) is 0 Å². The molecule has 0 atom stereocenters. The van der Waals surface area contributed by atoms with Crippen LogP contribution in [0.3, 0.4) is 0 Å². The van der Waals surface area contributed by atoms with Crippen molar-refractivity contribution in [3.05, 3.63) is 11.6 Å². The van der Waals surface area contributed by atoms with Gasteiger partial charge in [0.15, 0.2) is 0 Å². The number of rotatable bonds is 17. The van der Waals surface area contributed by atoms with Crippen LogP contribution in [0, 0.1) is 0 Å². The van der Waals surface area contributed by atoms with Crippen molar-refractivity contribution in [2.45, 2.75) is 130 Å². The molecule has 0 radical (unpaired) electrons. The van der Waals surface area contributed by atoms with Crippen LogP contribution in [0.2, 0.25) is 0 Å². The molecule has 0 aromatic heterocycles. The fourth-order valence-electron chi connectivity index (χ4n) is 3.31. The lowest BCUT2D eigenvalue weighted by molar-refractivity contribution is 0.538. The molecule has 0 heteroatoms. The summed E-state index contributed by atoms with van der Waals surface area (Å²) >= 11 is 0. The van der Waals surface area contributed by atoms with Crippen molar-refractivity contribution < 1.29 is 0 Å². The van der Waals surface area contributed by atoms with Gasteiger partial charge in [-0.1, -0.05) is 116 Å². The molecule has 0 saturated carbocycles. The maximum absolute atomic E-state index is 2.46. The van der Waals surface area contributed by atoms with E-state index >= 15 is 0 Å². The van der Waals surface area contributed by atoms with E-state index in [2.05, 4.69) is 26.8 Å². The van der Waals surface area contributed by atoms with Crippen molar-refractivity contribution in [1.29, 1.82) is 0 Å². The first-order chi connectivity index (χ1) is 10.8. The van der Waals surface area contributed by atoms with E-state index in [1.165, 1.54) is 109 Å². The number of unbranched alkanes of at least 4 members (excludes halogenated alkanes) is 12. The van der Waals surface area contributed by atoms with Gasteiger partial charge in [0.25, 0.3) is 0 Å². The molecule has 0 unspecified atom stereocenters. The molecular formula is C22H44. The summed E-state index contributed by atoms with van der Waals surface area (Å²) in [4.78, 5) is 0. The maximum atomic E-state index is 2.46. The predicted molar refractivity (Wildman–Crippen MR) is 104 cm³/mol. The monoisotopic (exact) mass is 308 g/mol. The van der Waals surface area contributed by atoms with E-state index in [9.17, 15) is 0 Å². The van der Waals surface area contributed by atoms with Gasteiger partial charge in [0, 0.05) is 0 Å². The van der Waals surface area contributed by atoms with Crippen molar-refractivity contribution in [2.75, 3.05) is 0 Å². The number of hydrogen-bond donors (Lipinski definition) is 0. The average molecular weight is 309 g/mol. The van der Waals surface area contributed by atoms with E-state index in [0.29, 0.717) is 0 Å². The van der Waals surface area contributed by atoms with Crippen LogP contribution in [0.4, 0.5) is 0 Å². The quantitative estimate of drug-likeness (QED) is 0.186. The molecule has 0 aliphatic rings. The SMILES string of the molecule is CC/C=C(/CCC)CCCCCCCCCCCCCCC. The molecule has 0 rings (SSSR count). The minimum atomic E-state index is 1.22. The van der Waals surface area contributed by atoms with Gasteiger partial charge in [0.05, 0.1) is 0 Å². The molecule has 0 saturated heterocycles. The summed E-state index contributed by atoms with van der Waals surface area (Å²) in [6.07, 6.45) is 26.6. The molecule has 0 aromatic rings. The van der Waals surface area contributed by atoms with Gasteiger partial charge in [-0.15, -0.1) is 0 Å². The lowest BCUT2D eigenvalue weighted by Gasteiger charge is -2.06. The van der Waals surface area contributed by atoms with E-state index < -0.39 is 0 Å². The first-order valence-electron chi connectivity index (χ1n) is 10.5. The highest BCUT2D eigenvalue weighted by molar-refractivity contribution is 5.01. The third-order valence-electron chi connectivity index (χ3n) is 4.67. The van der Waals surface area contributed by atoms with Crippen molar-refractivity contribution in [3.8, 4) is 0 Å². The maximum Gasteiger partial charge on any atom is -0.0320 e. The Bertz CT molecular complexity index is 226. The van der Waals surface area contributed by atoms with Gasteiger partial charge in [0.1, 0.15) is 0 Å². The van der Waals surface area contributed by atoms with E-state index in [0.717, 1.165) is 0 Å². The minimum absolute atomic E-state index is 1.22. The zero-order chi connectivity index (χ0) is 16.3. The standard InChI is InChI=1S/C22H44/c1-4-7-8-9-10-11-12-13-14-15-16-17-18-21-22(19-5-2)20-6-3/h19H,4-18,20-21H2,1-3H3/b22-19-. The smallest absolute Gasteiger partial charge is 0.0320 e. The molecule has 0 aliphatic carbocycles. The molecule has 0 amide bonds. The fourth-order valence-corrected chi connectivity index (χ4v) is 3.31. The van der Waals surface area contributed by atoms with Crippen LogP contribution in [0.1, 0.15) is 130 Å². The summed E-state index contributed by atoms with van der Waals surface area (Å²) in [6, 6.07) is 0. The van der Waals surface area contributed by atoms with Crippen LogP contribution in [-0.2, 0) is 0 Å². The summed E-state index contributed by atoms with van der Waals surface area (Å²) in [5, 5.41) is 0. The molecule has 0 aromatic carbocycles. The van der Waals surface area contributed by atoms with Crippen molar-refractivity contribution in [2.24, 2.45) is 0 Å². The Morgan fingerprint density at radius 2 is 0.955 bits per heavy atom. The van der Waals surface area contributed by atoms with E-state index in [1.807, 2.05) is 0 Å². The zero-order valence-corrected chi connectivity index (χ0v) is 16.1. The molecule has 0 nitrogen and oxygen atoms in total. The molecule has 0 fully saturated rings. The van der Waals surface area contributed by atoms with Gasteiger partial charge < -0.3 is 0 Å². The molecule has 0 bridgehead atoms. The first kappa shape index (κ1) is 21.7. The summed E-state index contributed by atoms with van der Waals surface area (Å²) in [5.41, 5.74) is 1.72. The predicted octanol–water partition coefficient (Wildman–Crippen LogP) is 8.60. The van der Waals surface area contributed by atoms with E-state index in [-0.39, 0.29) is 0 Å². The highest BCUT2D eigenvalue weighted by Crippen LogP contribution is 2.17. The van der Waals surface area contributed by atoms with E-state index in [4.69, 9.17) is 0 Å². The van der Waals surface area contributed by atoms with Crippen molar-refractivity contribution in [3.63, 3.8) is 0 Å². The summed E-state index contributed by atoms with van der Waals surface area (Å²) in [5.74, 6) is 0. The highest BCUT2D eigenvalue weighted by atomic mass is 14.0. The first-order valence-corrected chi connectivity index (χ1v) is 10.5. The Kier molecular flexibility index (Phi) is 18.6. The third kappa shape index (κ3) is 16.1. The number of hydrogen-bond acceptors (Lipinski definition) is 0. The Balaban J connectivity index is 3.21. The van der Waals surface area contributed by atoms with Crippen LogP contribution in [0.5, 0.6) is 0 Å². The number of allylic oxidation sites excluding steroid dienone is 2. The van der Waals surface area contributed by atoms with Crippen LogP contribution < -0.4 is 0 Å². The van der Waals surface area contributed by atoms with Gasteiger partial charge >= 0.3 is 0 Å². The third-order valence-corrected chi connectivity index (χ3v) is 4.67. The topological polar surface area (TPSA) is 0 Å². The Morgan fingerprint density at radius 1 is 0.500 bits per heavy atom. The van der Waals surface area contributed by atoms with Gasteiger partial charge in [-0.25, -0.2) is 0 Å². The van der Waals surface area contributed by atoms with Crippen LogP contribution >= 0.6 is 0 Å². The molecular weight excluding hydrogens is 264 g/mol. The second-order valence-electron chi connectivity index (χ2n) is 7.01. The molecule has 0 N–H and O–H groups in total. The molecule has 0 aliphatic heterocycles. The highest BCUT2D eigenvalue weighted by Gasteiger charge is 1.97. The second kappa shape index (κ2) is 18.8. The zero-order valence-electron chi connectivity index (χ0n) is 16.1. The Hall–Kier alpha value is -0.260. The Morgan fingerprint density at radius 3 is 1.36 bits per heavy atom. The summed E-state index contributed by atoms with van der Waals surface area (Å²) < 4.78 is 0.